The van der Waals surface area contributed by atoms with Gasteiger partial charge in [-0.3, -0.25) is 0 Å². The molecule has 1 aromatic carbocycles. The molecule has 0 unspecified atom stereocenters. The van der Waals surface area contributed by atoms with Gasteiger partial charge in [0.15, 0.2) is 5.82 Å². The van der Waals surface area contributed by atoms with Crippen LogP contribution in [0.1, 0.15) is 5.82 Å². The Hall–Kier alpha value is -2.57. The van der Waals surface area contributed by atoms with Crippen LogP contribution in [0, 0.1) is 5.82 Å². The minimum absolute atomic E-state index is 0.307. The zero-order valence-electron chi connectivity index (χ0n) is 9.31. The normalized spacial score (nSPS) is 10.7. The van der Waals surface area contributed by atoms with Crippen LogP contribution in [0.5, 0.6) is 0 Å². The van der Waals surface area contributed by atoms with Crippen LogP contribution < -0.4 is 0 Å². The predicted octanol–water partition coefficient (Wildman–Crippen LogP) is 1.05. The van der Waals surface area contributed by atoms with E-state index >= 15 is 0 Å². The van der Waals surface area contributed by atoms with E-state index in [4.69, 9.17) is 0 Å². The van der Waals surface area contributed by atoms with Crippen molar-refractivity contribution in [3.63, 3.8) is 0 Å². The van der Waals surface area contributed by atoms with Crippen molar-refractivity contribution in [1.29, 1.82) is 0 Å². The highest BCUT2D eigenvalue weighted by Crippen LogP contribution is 2.11. The van der Waals surface area contributed by atoms with E-state index in [1.54, 1.807) is 34.0 Å². The fraction of sp³-hybridized carbons (Fsp3) is 0.0909. The maximum Gasteiger partial charge on any atom is 0.152 e. The molecule has 7 heteroatoms. The molecule has 18 heavy (non-hydrogen) atoms. The SMILES string of the molecule is Fc1cccc(-n2ncnc2Cn2cnnc2)c1. The molecule has 0 saturated carbocycles. The molecule has 0 saturated heterocycles. The number of hydrogen-bond donors (Lipinski definition) is 0. The zero-order valence-corrected chi connectivity index (χ0v) is 9.31. The van der Waals surface area contributed by atoms with E-state index in [9.17, 15) is 4.39 Å². The number of nitrogens with zero attached hydrogens (tertiary/aromatic N) is 6. The second kappa shape index (κ2) is 4.36. The lowest BCUT2D eigenvalue weighted by molar-refractivity contribution is 0.623. The van der Waals surface area contributed by atoms with Crippen molar-refractivity contribution in [3.8, 4) is 5.69 Å². The number of benzene rings is 1. The van der Waals surface area contributed by atoms with Gasteiger partial charge < -0.3 is 4.57 Å². The van der Waals surface area contributed by atoms with Crippen molar-refractivity contribution < 1.29 is 4.39 Å². The molecule has 6 nitrogen and oxygen atoms in total. The van der Waals surface area contributed by atoms with Crippen molar-refractivity contribution >= 4 is 0 Å². The molecule has 3 aromatic rings. The van der Waals surface area contributed by atoms with Crippen LogP contribution in [0.3, 0.4) is 0 Å². The Bertz CT molecular complexity index is 645. The Balaban J connectivity index is 1.96. The topological polar surface area (TPSA) is 61.4 Å². The summed E-state index contributed by atoms with van der Waals surface area (Å²) in [5.74, 6) is 0.374. The van der Waals surface area contributed by atoms with E-state index in [0.29, 0.717) is 18.1 Å². The fourth-order valence-corrected chi connectivity index (χ4v) is 1.66. The number of hydrogen-bond acceptors (Lipinski definition) is 4. The largest absolute Gasteiger partial charge is 0.312 e. The third-order valence-electron chi connectivity index (χ3n) is 2.46. The summed E-state index contributed by atoms with van der Waals surface area (Å²) in [5, 5.41) is 11.5. The number of halogens is 1. The second-order valence-corrected chi connectivity index (χ2v) is 3.70. The van der Waals surface area contributed by atoms with Gasteiger partial charge in [0.1, 0.15) is 24.8 Å². The van der Waals surface area contributed by atoms with Gasteiger partial charge in [-0.2, -0.15) is 5.10 Å². The van der Waals surface area contributed by atoms with E-state index in [1.165, 1.54) is 18.5 Å². The Morgan fingerprint density at radius 3 is 2.78 bits per heavy atom. The zero-order chi connectivity index (χ0) is 12.4. The van der Waals surface area contributed by atoms with Crippen LogP contribution in [0.15, 0.2) is 43.2 Å². The first-order chi connectivity index (χ1) is 8.83. The molecule has 3 rings (SSSR count). The smallest absolute Gasteiger partial charge is 0.152 e. The summed E-state index contributed by atoms with van der Waals surface area (Å²) >= 11 is 0. The summed E-state index contributed by atoms with van der Waals surface area (Å²) in [6.45, 7) is 0.476. The van der Waals surface area contributed by atoms with Gasteiger partial charge in [-0.25, -0.2) is 14.1 Å². The lowest BCUT2D eigenvalue weighted by Crippen LogP contribution is -2.07. The quantitative estimate of drug-likeness (QED) is 0.690. The average Bonchev–Trinajstić information content (AvgIpc) is 3.01. The third kappa shape index (κ3) is 1.97. The van der Waals surface area contributed by atoms with Crippen molar-refractivity contribution in [2.45, 2.75) is 6.54 Å². The number of rotatable bonds is 3. The van der Waals surface area contributed by atoms with Crippen molar-refractivity contribution in [3.05, 3.63) is 54.9 Å². The molecular weight excluding hydrogens is 235 g/mol. The maximum absolute atomic E-state index is 13.2. The summed E-state index contributed by atoms with van der Waals surface area (Å²) in [6, 6.07) is 6.20. The third-order valence-corrected chi connectivity index (χ3v) is 2.46. The monoisotopic (exact) mass is 244 g/mol. The Labute approximate surface area is 102 Å². The van der Waals surface area contributed by atoms with Crippen LogP contribution in [0.2, 0.25) is 0 Å². The summed E-state index contributed by atoms with van der Waals surface area (Å²) in [6.07, 6.45) is 4.61. The molecule has 0 N–H and O–H groups in total. The first-order valence-electron chi connectivity index (χ1n) is 5.30. The minimum atomic E-state index is -0.307. The Kier molecular flexibility index (Phi) is 2.56. The minimum Gasteiger partial charge on any atom is -0.312 e. The molecule has 2 heterocycles. The van der Waals surface area contributed by atoms with E-state index in [1.807, 2.05) is 0 Å². The summed E-state index contributed by atoms with van der Waals surface area (Å²) in [5.41, 5.74) is 0.635. The molecule has 0 bridgehead atoms. The van der Waals surface area contributed by atoms with Crippen LogP contribution >= 0.6 is 0 Å². The van der Waals surface area contributed by atoms with Gasteiger partial charge >= 0.3 is 0 Å². The highest BCUT2D eigenvalue weighted by molar-refractivity contribution is 5.31. The van der Waals surface area contributed by atoms with E-state index < -0.39 is 0 Å². The molecule has 0 aliphatic carbocycles. The van der Waals surface area contributed by atoms with Gasteiger partial charge in [-0.15, -0.1) is 10.2 Å². The van der Waals surface area contributed by atoms with Gasteiger partial charge in [0.2, 0.25) is 0 Å². The highest BCUT2D eigenvalue weighted by Gasteiger charge is 2.07. The fourth-order valence-electron chi connectivity index (χ4n) is 1.66. The molecular formula is C11H9FN6. The molecule has 0 amide bonds. The van der Waals surface area contributed by atoms with Crippen LogP contribution in [-0.4, -0.2) is 29.5 Å². The molecule has 90 valence electrons. The molecule has 0 aliphatic rings. The first-order valence-corrected chi connectivity index (χ1v) is 5.30. The van der Waals surface area contributed by atoms with Gasteiger partial charge in [0.25, 0.3) is 0 Å². The lowest BCUT2D eigenvalue weighted by atomic mass is 10.3. The molecule has 0 fully saturated rings. The van der Waals surface area contributed by atoms with Gasteiger partial charge in [0.05, 0.1) is 12.2 Å². The molecule has 0 atom stereocenters. The van der Waals surface area contributed by atoms with Crippen LogP contribution in [0.25, 0.3) is 5.69 Å². The predicted molar refractivity (Wildman–Crippen MR) is 60.4 cm³/mol. The molecule has 0 spiro atoms. The van der Waals surface area contributed by atoms with Gasteiger partial charge in [0, 0.05) is 0 Å². The van der Waals surface area contributed by atoms with Gasteiger partial charge in [-0.05, 0) is 18.2 Å². The van der Waals surface area contributed by atoms with E-state index in [0.717, 1.165) is 0 Å². The average molecular weight is 244 g/mol. The van der Waals surface area contributed by atoms with E-state index in [2.05, 4.69) is 20.3 Å². The maximum atomic E-state index is 13.2. The Morgan fingerprint density at radius 2 is 2.00 bits per heavy atom. The summed E-state index contributed by atoms with van der Waals surface area (Å²) in [4.78, 5) is 4.15. The summed E-state index contributed by atoms with van der Waals surface area (Å²) < 4.78 is 16.5. The first kappa shape index (κ1) is 10.6. The van der Waals surface area contributed by atoms with Crippen molar-refractivity contribution in [1.82, 2.24) is 29.5 Å². The van der Waals surface area contributed by atoms with E-state index in [-0.39, 0.29) is 5.82 Å². The van der Waals surface area contributed by atoms with Gasteiger partial charge in [-0.1, -0.05) is 6.07 Å². The van der Waals surface area contributed by atoms with Crippen molar-refractivity contribution in [2.75, 3.05) is 0 Å². The molecule has 2 aromatic heterocycles. The lowest BCUT2D eigenvalue weighted by Gasteiger charge is -2.06. The summed E-state index contributed by atoms with van der Waals surface area (Å²) in [7, 11) is 0. The molecule has 0 aliphatic heterocycles. The van der Waals surface area contributed by atoms with Crippen molar-refractivity contribution in [2.24, 2.45) is 0 Å². The second-order valence-electron chi connectivity index (χ2n) is 3.70. The molecule has 0 radical (unpaired) electrons. The Morgan fingerprint density at radius 1 is 1.17 bits per heavy atom. The number of aromatic nitrogens is 6. The van der Waals surface area contributed by atoms with Crippen LogP contribution in [-0.2, 0) is 6.54 Å². The highest BCUT2D eigenvalue weighted by atomic mass is 19.1. The van der Waals surface area contributed by atoms with Crippen LogP contribution in [0.4, 0.5) is 4.39 Å². The standard InChI is InChI=1S/C11H9FN6/c12-9-2-1-3-10(4-9)18-11(13-6-16-18)5-17-7-14-15-8-17/h1-4,6-8H,5H2.